The van der Waals surface area contributed by atoms with Crippen LogP contribution < -0.4 is 14.8 Å². The van der Waals surface area contributed by atoms with Gasteiger partial charge in [-0.2, -0.15) is 0 Å². The lowest BCUT2D eigenvalue weighted by atomic mass is 9.84. The fourth-order valence-electron chi connectivity index (χ4n) is 4.86. The van der Waals surface area contributed by atoms with E-state index in [4.69, 9.17) is 9.47 Å². The summed E-state index contributed by atoms with van der Waals surface area (Å²) in [6.45, 7) is 0.132. The molecule has 194 valence electrons. The molecule has 3 aromatic carbocycles. The summed E-state index contributed by atoms with van der Waals surface area (Å²) in [7, 11) is -3.92. The van der Waals surface area contributed by atoms with Crippen LogP contribution in [0, 0.1) is 5.82 Å². The van der Waals surface area contributed by atoms with Crippen LogP contribution in [0.2, 0.25) is 0 Å². The lowest BCUT2D eigenvalue weighted by Crippen LogP contribution is -2.47. The number of hydrogen-bond acceptors (Lipinski definition) is 6. The van der Waals surface area contributed by atoms with Crippen molar-refractivity contribution in [2.75, 3.05) is 11.3 Å². The average Bonchev–Trinajstić information content (AvgIpc) is 3.25. The maximum Gasteiger partial charge on any atom is 0.261 e. The van der Waals surface area contributed by atoms with Crippen LogP contribution in [-0.4, -0.2) is 44.4 Å². The van der Waals surface area contributed by atoms with Gasteiger partial charge in [-0.1, -0.05) is 30.3 Å². The molecule has 0 bridgehead atoms. The molecular weight excluding hydrogens is 499 g/mol. The number of rotatable bonds is 8. The minimum atomic E-state index is -3.92. The predicted octanol–water partition coefficient (Wildman–Crippen LogP) is 3.33. The normalized spacial score (nSPS) is 22.4. The van der Waals surface area contributed by atoms with Crippen molar-refractivity contribution >= 4 is 21.6 Å². The highest BCUT2D eigenvalue weighted by molar-refractivity contribution is 7.92. The van der Waals surface area contributed by atoms with Crippen LogP contribution in [0.15, 0.2) is 77.7 Å². The minimum Gasteiger partial charge on any atom is -0.487 e. The number of sulfonamides is 1. The van der Waals surface area contributed by atoms with Crippen LogP contribution >= 0.6 is 0 Å². The quantitative estimate of drug-likeness (QED) is 0.415. The van der Waals surface area contributed by atoms with Crippen LogP contribution in [0.4, 0.5) is 10.1 Å². The van der Waals surface area contributed by atoms with Crippen molar-refractivity contribution in [2.24, 2.45) is 0 Å². The van der Waals surface area contributed by atoms with E-state index in [2.05, 4.69) is 10.0 Å². The highest BCUT2D eigenvalue weighted by atomic mass is 32.2. The highest BCUT2D eigenvalue weighted by Crippen LogP contribution is 2.47. The van der Waals surface area contributed by atoms with Gasteiger partial charge in [0.1, 0.15) is 23.8 Å². The SMILES string of the molecule is O=C(C[C@@H]1C[C@@H]2c3cc(NS(=O)(=O)c4ccc(F)cc4)ccc3O[C@@H]2[C@H](CO)O1)NCc1ccccc1. The number of carbonyl (C=O) groups excluding carboxylic acids is 1. The van der Waals surface area contributed by atoms with Crippen molar-refractivity contribution < 1.29 is 32.2 Å². The van der Waals surface area contributed by atoms with Gasteiger partial charge in [-0.3, -0.25) is 9.52 Å². The van der Waals surface area contributed by atoms with Crippen LogP contribution in [0.25, 0.3) is 0 Å². The number of fused-ring (bicyclic) bond motifs is 3. The zero-order valence-corrected chi connectivity index (χ0v) is 20.7. The standard InChI is InChI=1S/C27H27FN2O6S/c28-18-6-9-21(10-7-18)37(33,34)30-19-8-11-24-22(12-19)23-13-20(35-25(16-31)27(23)36-24)14-26(32)29-15-17-4-2-1-3-5-17/h1-12,20,23,25,27,30-31H,13-16H2,(H,29,32)/t20-,23+,25-,27-/m0/s1. The van der Waals surface area contributed by atoms with Crippen LogP contribution in [0.1, 0.15) is 29.9 Å². The van der Waals surface area contributed by atoms with Crippen molar-refractivity contribution in [2.45, 2.75) is 48.5 Å². The van der Waals surface area contributed by atoms with Gasteiger partial charge in [0.05, 0.1) is 24.0 Å². The lowest BCUT2D eigenvalue weighted by Gasteiger charge is -2.37. The third-order valence-corrected chi connectivity index (χ3v) is 8.02. The molecule has 0 saturated carbocycles. The fourth-order valence-corrected chi connectivity index (χ4v) is 5.91. The van der Waals surface area contributed by atoms with E-state index in [0.29, 0.717) is 24.4 Å². The van der Waals surface area contributed by atoms with Crippen molar-refractivity contribution in [1.29, 1.82) is 0 Å². The van der Waals surface area contributed by atoms with E-state index >= 15 is 0 Å². The number of aliphatic hydroxyl groups is 1. The zero-order chi connectivity index (χ0) is 26.0. The van der Waals surface area contributed by atoms with Gasteiger partial charge in [-0.15, -0.1) is 0 Å². The second-order valence-corrected chi connectivity index (χ2v) is 10.9. The Morgan fingerprint density at radius 2 is 1.81 bits per heavy atom. The zero-order valence-electron chi connectivity index (χ0n) is 19.8. The number of aliphatic hydroxyl groups excluding tert-OH is 1. The maximum absolute atomic E-state index is 13.2. The summed E-state index contributed by atoms with van der Waals surface area (Å²) in [5.74, 6) is -0.302. The van der Waals surface area contributed by atoms with E-state index in [-0.39, 0.29) is 29.7 Å². The van der Waals surface area contributed by atoms with Gasteiger partial charge in [0, 0.05) is 23.7 Å². The van der Waals surface area contributed by atoms with E-state index in [1.165, 1.54) is 12.1 Å². The molecule has 8 nitrogen and oxygen atoms in total. The van der Waals surface area contributed by atoms with Gasteiger partial charge < -0.3 is 19.9 Å². The van der Waals surface area contributed by atoms with E-state index < -0.39 is 34.2 Å². The Morgan fingerprint density at radius 3 is 2.54 bits per heavy atom. The molecule has 0 spiro atoms. The first-order valence-electron chi connectivity index (χ1n) is 12.0. The maximum atomic E-state index is 13.2. The van der Waals surface area contributed by atoms with Gasteiger partial charge in [0.15, 0.2) is 0 Å². The Hall–Kier alpha value is -3.47. The second-order valence-electron chi connectivity index (χ2n) is 9.18. The van der Waals surface area contributed by atoms with Crippen LogP contribution in [0.5, 0.6) is 5.75 Å². The molecule has 5 rings (SSSR count). The number of halogens is 1. The third-order valence-electron chi connectivity index (χ3n) is 6.62. The van der Waals surface area contributed by atoms with E-state index in [9.17, 15) is 22.7 Å². The molecule has 1 amide bonds. The summed E-state index contributed by atoms with van der Waals surface area (Å²) in [6.07, 6.45) is -0.923. The first-order valence-corrected chi connectivity index (χ1v) is 13.5. The second kappa shape index (κ2) is 10.5. The molecule has 37 heavy (non-hydrogen) atoms. The van der Waals surface area contributed by atoms with Gasteiger partial charge in [-0.25, -0.2) is 12.8 Å². The smallest absolute Gasteiger partial charge is 0.261 e. The minimum absolute atomic E-state index is 0.0588. The summed E-state index contributed by atoms with van der Waals surface area (Å²) in [4.78, 5) is 12.5. The van der Waals surface area contributed by atoms with E-state index in [1.54, 1.807) is 18.2 Å². The lowest BCUT2D eigenvalue weighted by molar-refractivity contribution is -0.142. The predicted molar refractivity (Wildman–Crippen MR) is 134 cm³/mol. The molecule has 0 unspecified atom stereocenters. The number of hydrogen-bond donors (Lipinski definition) is 3. The van der Waals surface area contributed by atoms with Crippen molar-refractivity contribution in [3.63, 3.8) is 0 Å². The van der Waals surface area contributed by atoms with Gasteiger partial charge >= 0.3 is 0 Å². The summed E-state index contributed by atoms with van der Waals surface area (Å²) < 4.78 is 53.3. The van der Waals surface area contributed by atoms with Crippen molar-refractivity contribution in [1.82, 2.24) is 5.32 Å². The summed E-state index contributed by atoms with van der Waals surface area (Å²) in [5.41, 5.74) is 2.10. The van der Waals surface area contributed by atoms with Crippen LogP contribution in [-0.2, 0) is 26.1 Å². The highest BCUT2D eigenvalue weighted by Gasteiger charge is 2.46. The average molecular weight is 527 g/mol. The Bertz CT molecular complexity index is 1370. The van der Waals surface area contributed by atoms with Crippen molar-refractivity contribution in [3.05, 3.63) is 89.7 Å². The summed E-state index contributed by atoms with van der Waals surface area (Å²) in [6, 6.07) is 19.1. The molecule has 0 aromatic heterocycles. The van der Waals surface area contributed by atoms with Gasteiger partial charge in [0.2, 0.25) is 5.91 Å². The molecule has 3 N–H and O–H groups in total. The van der Waals surface area contributed by atoms with E-state index in [0.717, 1.165) is 23.3 Å². The summed E-state index contributed by atoms with van der Waals surface area (Å²) >= 11 is 0. The molecule has 3 aromatic rings. The molecular formula is C27H27FN2O6S. The number of benzene rings is 3. The molecule has 2 heterocycles. The number of anilines is 1. The molecule has 1 fully saturated rings. The molecule has 2 aliphatic heterocycles. The molecule has 4 atom stereocenters. The summed E-state index contributed by atoms with van der Waals surface area (Å²) in [5, 5.41) is 12.8. The fraction of sp³-hybridized carbons (Fsp3) is 0.296. The monoisotopic (exact) mass is 526 g/mol. The Kier molecular flexibility index (Phi) is 7.14. The third kappa shape index (κ3) is 5.61. The molecule has 10 heteroatoms. The Balaban J connectivity index is 1.29. The van der Waals surface area contributed by atoms with Gasteiger partial charge in [0.25, 0.3) is 10.0 Å². The number of nitrogens with one attached hydrogen (secondary N) is 2. The topological polar surface area (TPSA) is 114 Å². The molecule has 2 aliphatic rings. The number of amides is 1. The van der Waals surface area contributed by atoms with Crippen LogP contribution in [0.3, 0.4) is 0 Å². The van der Waals surface area contributed by atoms with Crippen molar-refractivity contribution in [3.8, 4) is 5.75 Å². The Labute approximate surface area is 214 Å². The van der Waals surface area contributed by atoms with E-state index in [1.807, 2.05) is 30.3 Å². The number of carbonyl (C=O) groups is 1. The Morgan fingerprint density at radius 1 is 1.05 bits per heavy atom. The first-order chi connectivity index (χ1) is 17.8. The van der Waals surface area contributed by atoms with Gasteiger partial charge in [-0.05, 0) is 54.4 Å². The molecule has 0 radical (unpaired) electrons. The largest absolute Gasteiger partial charge is 0.487 e. The number of ether oxygens (including phenoxy) is 2. The molecule has 0 aliphatic carbocycles. The first kappa shape index (κ1) is 25.2. The molecule has 1 saturated heterocycles.